The van der Waals surface area contributed by atoms with Crippen molar-refractivity contribution in [3.63, 3.8) is 0 Å². The summed E-state index contributed by atoms with van der Waals surface area (Å²) in [5.74, 6) is -1.03. The van der Waals surface area contributed by atoms with Crippen molar-refractivity contribution in [1.82, 2.24) is 45.9 Å². The number of hydrogen-bond acceptors (Lipinski definition) is 25. The fraction of sp³-hybridized carbons (Fsp3) is 0.768. The predicted octanol–water partition coefficient (Wildman–Crippen LogP) is -1.34. The Balaban J connectivity index is 0.000000279. The summed E-state index contributed by atoms with van der Waals surface area (Å²) in [4.78, 5) is 34.8. The molecule has 3 aromatic rings. The van der Waals surface area contributed by atoms with E-state index in [1.807, 2.05) is 6.07 Å². The van der Waals surface area contributed by atoms with Crippen molar-refractivity contribution in [3.05, 3.63) is 59.7 Å². The van der Waals surface area contributed by atoms with E-state index in [0.717, 1.165) is 38.5 Å². The number of aliphatic hydroxyl groups is 4. The molecule has 4 aliphatic rings. The fourth-order valence-corrected chi connectivity index (χ4v) is 9.48. The lowest BCUT2D eigenvalue weighted by molar-refractivity contribution is -0.240. The van der Waals surface area contributed by atoms with Crippen LogP contribution in [-0.2, 0) is 92.7 Å². The monoisotopic (exact) mass is 1210 g/mol. The molecule has 4 aliphatic heterocycles. The van der Waals surface area contributed by atoms with Gasteiger partial charge in [0, 0.05) is 110 Å². The summed E-state index contributed by atoms with van der Waals surface area (Å²) in [5.41, 5.74) is 5.05. The summed E-state index contributed by atoms with van der Waals surface area (Å²) >= 11 is 0. The van der Waals surface area contributed by atoms with Crippen LogP contribution < -0.4 is 21.7 Å². The standard InChI is InChI=1S/C32H49N5O10.C24H43N5O9/c1-24-29(40)30(41)32(23-46-31(24)47-32)22-37-20-26(35-36-37)21-45-16-7-14-43-12-5-11-42-13-6-15-44-17-10-34-28(39)19-33-18-27(38)25-8-3-2-4-9-25;1-18-21(31)22(32)24(17-37-23(18)38-24)16-29-14-19(27-28-29)15-36-11-4-9-34-7-2-6-33-8-3-10-35-12-5-26-20(30)13-25/h2-4,8-9,20,24,29-31,33,40-41H,5-7,10-19,21-23H2,1H3,(H,34,39);14,18,21-23,31-32H,2-13,15-17,25H2,1H3,(H,26,30)/t24-,29-,30-,31+,32+;18-,21-,22-,23+,24+/m11/s1. The Hall–Kier alpha value is -4.61. The first-order chi connectivity index (χ1) is 41.3. The molecule has 29 heteroatoms. The lowest BCUT2D eigenvalue weighted by atomic mass is 9.85. The summed E-state index contributed by atoms with van der Waals surface area (Å²) in [6, 6.07) is 8.96. The number of aromatic nitrogens is 6. The van der Waals surface area contributed by atoms with Crippen molar-refractivity contribution in [2.24, 2.45) is 17.6 Å². The molecule has 10 atom stereocenters. The van der Waals surface area contributed by atoms with Crippen molar-refractivity contribution in [1.29, 1.82) is 0 Å². The molecule has 29 nitrogen and oxygen atoms in total. The minimum atomic E-state index is -1.08. The van der Waals surface area contributed by atoms with Gasteiger partial charge in [-0.1, -0.05) is 54.6 Å². The van der Waals surface area contributed by atoms with Crippen LogP contribution in [0.2, 0.25) is 0 Å². The molecule has 4 fully saturated rings. The molecule has 0 radical (unpaired) electrons. The van der Waals surface area contributed by atoms with Gasteiger partial charge < -0.3 is 99.0 Å². The third kappa shape index (κ3) is 23.8. The number of amides is 2. The average molecular weight is 1210 g/mol. The maximum atomic E-state index is 12.0. The summed E-state index contributed by atoms with van der Waals surface area (Å²) in [6.45, 7) is 14.0. The molecule has 1 aromatic carbocycles. The maximum absolute atomic E-state index is 12.0. The van der Waals surface area contributed by atoms with Crippen LogP contribution in [0.1, 0.15) is 74.1 Å². The molecule has 0 spiro atoms. The Morgan fingerprint density at radius 2 is 0.953 bits per heavy atom. The predicted molar refractivity (Wildman–Crippen MR) is 300 cm³/mol. The number of nitrogens with two attached hydrogens (primary N) is 1. The van der Waals surface area contributed by atoms with Gasteiger partial charge in [0.15, 0.2) is 18.4 Å². The first-order valence-corrected chi connectivity index (χ1v) is 29.6. The Labute approximate surface area is 496 Å². The van der Waals surface area contributed by atoms with Gasteiger partial charge in [0.1, 0.15) is 34.8 Å². The number of aliphatic hydroxyl groups excluding tert-OH is 4. The molecule has 2 amide bonds. The van der Waals surface area contributed by atoms with Gasteiger partial charge in [0.05, 0.1) is 97.0 Å². The summed E-state index contributed by atoms with van der Waals surface area (Å²) in [6.07, 6.45) is 3.09. The highest BCUT2D eigenvalue weighted by atomic mass is 16.7. The molecule has 0 saturated carbocycles. The quantitative estimate of drug-likeness (QED) is 0.0240. The second kappa shape index (κ2) is 38.6. The van der Waals surface area contributed by atoms with Crippen molar-refractivity contribution in [2.75, 3.05) is 138 Å². The van der Waals surface area contributed by atoms with E-state index in [-0.39, 0.29) is 75.4 Å². The minimum absolute atomic E-state index is 0.00811. The van der Waals surface area contributed by atoms with Gasteiger partial charge in [-0.05, 0) is 38.5 Å². The van der Waals surface area contributed by atoms with E-state index in [2.05, 4.69) is 36.6 Å². The maximum Gasteiger partial charge on any atom is 0.234 e. The van der Waals surface area contributed by atoms with Gasteiger partial charge in [-0.2, -0.15) is 0 Å². The molecular weight excluding hydrogens is 1120 g/mol. The Morgan fingerprint density at radius 3 is 1.36 bits per heavy atom. The lowest BCUT2D eigenvalue weighted by Crippen LogP contribution is -2.59. The van der Waals surface area contributed by atoms with E-state index < -0.39 is 48.2 Å². The molecule has 4 saturated heterocycles. The Bertz CT molecular complexity index is 2330. The van der Waals surface area contributed by atoms with Gasteiger partial charge in [0.2, 0.25) is 11.8 Å². The van der Waals surface area contributed by atoms with E-state index in [0.29, 0.717) is 136 Å². The number of nitrogens with one attached hydrogen (secondary N) is 3. The highest BCUT2D eigenvalue weighted by Crippen LogP contribution is 2.42. The number of ketones is 1. The summed E-state index contributed by atoms with van der Waals surface area (Å²) < 4.78 is 70.9. The molecule has 7 rings (SSSR count). The second-order valence-electron chi connectivity index (χ2n) is 21.3. The third-order valence-electron chi connectivity index (χ3n) is 14.3. The zero-order chi connectivity index (χ0) is 60.5. The molecule has 9 N–H and O–H groups in total. The zero-order valence-corrected chi connectivity index (χ0v) is 49.3. The van der Waals surface area contributed by atoms with E-state index in [1.54, 1.807) is 59.9 Å². The van der Waals surface area contributed by atoms with Crippen LogP contribution in [0.5, 0.6) is 0 Å². The minimum Gasteiger partial charge on any atom is -0.390 e. The van der Waals surface area contributed by atoms with Gasteiger partial charge in [-0.25, -0.2) is 9.36 Å². The van der Waals surface area contributed by atoms with Gasteiger partial charge >= 0.3 is 0 Å². The molecule has 6 heterocycles. The van der Waals surface area contributed by atoms with Crippen LogP contribution in [0, 0.1) is 11.8 Å². The van der Waals surface area contributed by atoms with Crippen LogP contribution in [-0.4, -0.2) is 255 Å². The van der Waals surface area contributed by atoms with Crippen molar-refractivity contribution >= 4 is 17.6 Å². The number of hydrogen-bond donors (Lipinski definition) is 8. The van der Waals surface area contributed by atoms with Crippen LogP contribution in [0.15, 0.2) is 42.7 Å². The first-order valence-electron chi connectivity index (χ1n) is 29.6. The Morgan fingerprint density at radius 1 is 0.565 bits per heavy atom. The van der Waals surface area contributed by atoms with E-state index in [4.69, 9.17) is 62.6 Å². The van der Waals surface area contributed by atoms with Crippen LogP contribution in [0.4, 0.5) is 0 Å². The lowest BCUT2D eigenvalue weighted by Gasteiger charge is -2.41. The second-order valence-corrected chi connectivity index (χ2v) is 21.3. The van der Waals surface area contributed by atoms with Gasteiger partial charge in [0.25, 0.3) is 0 Å². The molecular formula is C56H92N10O19. The largest absolute Gasteiger partial charge is 0.390 e. The number of benzene rings is 1. The topological polar surface area (TPSA) is 366 Å². The third-order valence-corrected chi connectivity index (χ3v) is 14.3. The number of carbonyl (C=O) groups excluding carboxylic acids is 3. The highest BCUT2D eigenvalue weighted by Gasteiger charge is 2.59. The molecule has 0 unspecified atom stereocenters. The van der Waals surface area contributed by atoms with E-state index in [1.165, 1.54) is 0 Å². The number of nitrogens with zero attached hydrogens (tertiary/aromatic N) is 6. The number of Topliss-reactive ketones (excluding diaryl/α,β-unsaturated/α-hetero) is 1. The average Bonchev–Trinajstić information content (AvgIpc) is 3.49. The smallest absolute Gasteiger partial charge is 0.234 e. The highest BCUT2D eigenvalue weighted by molar-refractivity contribution is 5.97. The van der Waals surface area contributed by atoms with Crippen LogP contribution >= 0.6 is 0 Å². The van der Waals surface area contributed by atoms with E-state index >= 15 is 0 Å². The first kappa shape index (κ1) is 69.5. The molecule has 85 heavy (non-hydrogen) atoms. The Kier molecular flexibility index (Phi) is 31.6. The summed E-state index contributed by atoms with van der Waals surface area (Å²) in [7, 11) is 0. The SMILES string of the molecule is C[C@H]1[C@H]2OC[C@](Cn3cc(COCCCOCCCOCCCOCCNC(=O)CN)nn3)(O2)[C@H](O)[C@@H]1O.C[C@H]1[C@H]2OC[C@](Cn3cc(COCCCOCCCOCCCOCCNC(=O)CNCC(=O)c4ccccc4)nn3)(O2)[C@H](O)[C@@H]1O. The summed E-state index contributed by atoms with van der Waals surface area (Å²) in [5, 5.41) is 66.5. The van der Waals surface area contributed by atoms with E-state index in [9.17, 15) is 34.8 Å². The van der Waals surface area contributed by atoms with Gasteiger partial charge in [-0.15, -0.1) is 10.2 Å². The number of rotatable bonds is 44. The number of fused-ring (bicyclic) bond motifs is 4. The van der Waals surface area contributed by atoms with Crippen LogP contribution in [0.25, 0.3) is 0 Å². The normalized spacial score (nSPS) is 25.0. The molecule has 4 bridgehead atoms. The van der Waals surface area contributed by atoms with Crippen molar-refractivity contribution < 1.29 is 91.7 Å². The van der Waals surface area contributed by atoms with Crippen molar-refractivity contribution in [3.8, 4) is 0 Å². The van der Waals surface area contributed by atoms with Gasteiger partial charge in [-0.3, -0.25) is 14.4 Å². The molecule has 480 valence electrons. The number of ether oxygens (including phenoxy) is 12. The number of carbonyl (C=O) groups is 3. The molecule has 2 aromatic heterocycles. The molecule has 0 aliphatic carbocycles. The zero-order valence-electron chi connectivity index (χ0n) is 49.3. The van der Waals surface area contributed by atoms with Crippen molar-refractivity contribution in [2.45, 2.75) is 127 Å². The fourth-order valence-electron chi connectivity index (χ4n) is 9.48. The van der Waals surface area contributed by atoms with Crippen LogP contribution in [0.3, 0.4) is 0 Å².